The maximum Gasteiger partial charge on any atom is 0.416 e. The molecule has 0 aromatic carbocycles. The molecule has 1 aliphatic rings. The molecule has 1 fully saturated rings. The molecule has 5 heteroatoms. The van der Waals surface area contributed by atoms with Crippen LogP contribution in [0.3, 0.4) is 0 Å². The zero-order valence-electron chi connectivity index (χ0n) is 6.51. The van der Waals surface area contributed by atoms with Gasteiger partial charge >= 0.3 is 6.18 Å². The van der Waals surface area contributed by atoms with Gasteiger partial charge in [-0.2, -0.15) is 13.2 Å². The van der Waals surface area contributed by atoms with Crippen LogP contribution in [-0.4, -0.2) is 11.6 Å². The largest absolute Gasteiger partial charge is 0.416 e. The lowest BCUT2D eigenvalue weighted by molar-refractivity contribution is -0.138. The topological polar surface area (TPSA) is 25.4 Å². The van der Waals surface area contributed by atoms with Gasteiger partial charge in [-0.05, 0) is 6.07 Å². The normalized spacial score (nSPS) is 21.6. The van der Waals surface area contributed by atoms with Gasteiger partial charge in [0.2, 0.25) is 0 Å². The fourth-order valence-electron chi connectivity index (χ4n) is 1.15. The Morgan fingerprint density at radius 1 is 1.46 bits per heavy atom. The predicted octanol–water partition coefficient (Wildman–Crippen LogP) is 2.17. The minimum absolute atomic E-state index is 0.134. The molecule has 1 atom stereocenters. The van der Waals surface area contributed by atoms with Gasteiger partial charge in [-0.15, -0.1) is 0 Å². The second-order valence-corrected chi connectivity index (χ2v) is 2.78. The third-order valence-corrected chi connectivity index (χ3v) is 1.84. The summed E-state index contributed by atoms with van der Waals surface area (Å²) in [6, 6.07) is 0.969. The molecule has 0 saturated carbocycles. The van der Waals surface area contributed by atoms with E-state index in [1.807, 2.05) is 0 Å². The highest BCUT2D eigenvalue weighted by atomic mass is 19.4. The van der Waals surface area contributed by atoms with Crippen molar-refractivity contribution in [3.05, 3.63) is 29.6 Å². The van der Waals surface area contributed by atoms with E-state index in [1.165, 1.54) is 6.20 Å². The maximum absolute atomic E-state index is 12.4. The van der Waals surface area contributed by atoms with Crippen molar-refractivity contribution in [3.63, 3.8) is 0 Å². The van der Waals surface area contributed by atoms with Crippen LogP contribution in [0.2, 0.25) is 0 Å². The fourth-order valence-corrected chi connectivity index (χ4v) is 1.15. The number of halogens is 3. The Kier molecular flexibility index (Phi) is 1.76. The van der Waals surface area contributed by atoms with Gasteiger partial charge in [0, 0.05) is 18.0 Å². The highest BCUT2D eigenvalue weighted by Crippen LogP contribution is 2.39. The van der Waals surface area contributed by atoms with Gasteiger partial charge < -0.3 is 4.74 Å². The minimum atomic E-state index is -4.32. The second kappa shape index (κ2) is 2.70. The third-order valence-electron chi connectivity index (χ3n) is 1.84. The lowest BCUT2D eigenvalue weighted by Gasteiger charge is -2.09. The molecule has 0 N–H and O–H groups in total. The molecule has 1 saturated heterocycles. The van der Waals surface area contributed by atoms with Crippen LogP contribution in [0.25, 0.3) is 0 Å². The van der Waals surface area contributed by atoms with Crippen molar-refractivity contribution in [3.8, 4) is 0 Å². The van der Waals surface area contributed by atoms with Gasteiger partial charge in [0.05, 0.1) is 12.2 Å². The zero-order valence-corrected chi connectivity index (χ0v) is 6.51. The first kappa shape index (κ1) is 8.50. The van der Waals surface area contributed by atoms with E-state index in [0.29, 0.717) is 6.61 Å². The number of epoxide rings is 1. The maximum atomic E-state index is 12.4. The van der Waals surface area contributed by atoms with Crippen LogP contribution in [0.15, 0.2) is 18.5 Å². The molecule has 1 aromatic rings. The smallest absolute Gasteiger partial charge is 0.368 e. The number of aromatic nitrogens is 1. The summed E-state index contributed by atoms with van der Waals surface area (Å²) in [5.74, 6) is 0. The molecule has 0 aliphatic carbocycles. The van der Waals surface area contributed by atoms with Crippen molar-refractivity contribution in [2.45, 2.75) is 12.3 Å². The third kappa shape index (κ3) is 1.65. The molecule has 13 heavy (non-hydrogen) atoms. The Hall–Kier alpha value is -1.10. The molecule has 70 valence electrons. The van der Waals surface area contributed by atoms with Crippen LogP contribution in [-0.2, 0) is 10.9 Å². The van der Waals surface area contributed by atoms with Crippen molar-refractivity contribution in [2.24, 2.45) is 0 Å². The van der Waals surface area contributed by atoms with E-state index in [-0.39, 0.29) is 5.56 Å². The van der Waals surface area contributed by atoms with Crippen LogP contribution in [0.4, 0.5) is 13.2 Å². The van der Waals surface area contributed by atoms with Gasteiger partial charge in [0.15, 0.2) is 0 Å². The molecular formula is C8H6F3NO. The van der Waals surface area contributed by atoms with Crippen molar-refractivity contribution in [2.75, 3.05) is 6.61 Å². The van der Waals surface area contributed by atoms with Gasteiger partial charge in [-0.3, -0.25) is 4.98 Å². The summed E-state index contributed by atoms with van der Waals surface area (Å²) in [5, 5.41) is 0. The van der Waals surface area contributed by atoms with E-state index in [1.54, 1.807) is 0 Å². The van der Waals surface area contributed by atoms with Crippen LogP contribution in [0.5, 0.6) is 0 Å². The summed E-state index contributed by atoms with van der Waals surface area (Å²) in [6.07, 6.45) is -2.38. The molecule has 2 heterocycles. The molecular weight excluding hydrogens is 183 g/mol. The summed E-state index contributed by atoms with van der Waals surface area (Å²) in [4.78, 5) is 3.64. The van der Waals surface area contributed by atoms with Crippen LogP contribution < -0.4 is 0 Å². The zero-order chi connectivity index (χ0) is 9.47. The van der Waals surface area contributed by atoms with E-state index in [9.17, 15) is 13.2 Å². The monoisotopic (exact) mass is 189 g/mol. The van der Waals surface area contributed by atoms with Gasteiger partial charge in [0.25, 0.3) is 0 Å². The lowest BCUT2D eigenvalue weighted by Crippen LogP contribution is -2.09. The van der Waals surface area contributed by atoms with Crippen molar-refractivity contribution in [1.82, 2.24) is 4.98 Å². The standard InChI is InChI=1S/C8H6F3NO/c9-8(10,11)6-1-2-12-3-5(6)7-4-13-7/h1-3,7H,4H2/t7-/m0/s1. The quantitative estimate of drug-likeness (QED) is 0.632. The fraction of sp³-hybridized carbons (Fsp3) is 0.375. The summed E-state index contributed by atoms with van der Waals surface area (Å²) >= 11 is 0. The molecule has 0 unspecified atom stereocenters. The molecule has 0 spiro atoms. The van der Waals surface area contributed by atoms with E-state index in [4.69, 9.17) is 4.74 Å². The summed E-state index contributed by atoms with van der Waals surface area (Å²) in [5.41, 5.74) is -0.514. The first-order chi connectivity index (χ1) is 6.09. The number of ether oxygens (including phenoxy) is 1. The second-order valence-electron chi connectivity index (χ2n) is 2.78. The summed E-state index contributed by atoms with van der Waals surface area (Å²) < 4.78 is 41.8. The van der Waals surface area contributed by atoms with Crippen molar-refractivity contribution < 1.29 is 17.9 Å². The number of nitrogens with zero attached hydrogens (tertiary/aromatic N) is 1. The van der Waals surface area contributed by atoms with E-state index in [0.717, 1.165) is 12.3 Å². The Balaban J connectivity index is 2.43. The summed E-state index contributed by atoms with van der Waals surface area (Å²) in [7, 11) is 0. The Morgan fingerprint density at radius 2 is 2.15 bits per heavy atom. The molecule has 0 amide bonds. The first-order valence-electron chi connectivity index (χ1n) is 3.72. The van der Waals surface area contributed by atoms with Gasteiger partial charge in [-0.1, -0.05) is 0 Å². The number of pyridine rings is 1. The van der Waals surface area contributed by atoms with Crippen LogP contribution >= 0.6 is 0 Å². The molecule has 2 rings (SSSR count). The predicted molar refractivity (Wildman–Crippen MR) is 37.9 cm³/mol. The average Bonchev–Trinajstić information content (AvgIpc) is 2.85. The number of rotatable bonds is 1. The van der Waals surface area contributed by atoms with E-state index < -0.39 is 17.8 Å². The molecule has 0 bridgehead atoms. The van der Waals surface area contributed by atoms with E-state index in [2.05, 4.69) is 4.98 Å². The molecule has 1 aromatic heterocycles. The van der Waals surface area contributed by atoms with Gasteiger partial charge in [0.1, 0.15) is 6.10 Å². The highest BCUT2D eigenvalue weighted by molar-refractivity contribution is 5.30. The molecule has 2 nitrogen and oxygen atoms in total. The van der Waals surface area contributed by atoms with Gasteiger partial charge in [-0.25, -0.2) is 0 Å². The van der Waals surface area contributed by atoms with Crippen molar-refractivity contribution >= 4 is 0 Å². The lowest BCUT2D eigenvalue weighted by atomic mass is 10.1. The van der Waals surface area contributed by atoms with E-state index >= 15 is 0 Å². The minimum Gasteiger partial charge on any atom is -0.368 e. The first-order valence-corrected chi connectivity index (χ1v) is 3.72. The highest BCUT2D eigenvalue weighted by Gasteiger charge is 2.38. The Labute approximate surface area is 72.4 Å². The van der Waals surface area contributed by atoms with Crippen molar-refractivity contribution in [1.29, 1.82) is 0 Å². The Bertz CT molecular complexity index is 319. The average molecular weight is 189 g/mol. The molecule has 0 radical (unpaired) electrons. The number of hydrogen-bond acceptors (Lipinski definition) is 2. The number of hydrogen-bond donors (Lipinski definition) is 0. The molecule has 1 aliphatic heterocycles. The van der Waals surface area contributed by atoms with Crippen LogP contribution in [0.1, 0.15) is 17.2 Å². The van der Waals surface area contributed by atoms with Crippen LogP contribution in [0, 0.1) is 0 Å². The number of alkyl halides is 3. The Morgan fingerprint density at radius 3 is 2.69 bits per heavy atom. The SMILES string of the molecule is FC(F)(F)c1ccncc1[C@@H]1CO1. The summed E-state index contributed by atoms with van der Waals surface area (Å²) in [6.45, 7) is 0.356.